The lowest BCUT2D eigenvalue weighted by atomic mass is 9.99. The third kappa shape index (κ3) is 3.54. The van der Waals surface area contributed by atoms with E-state index in [1.165, 1.54) is 25.7 Å². The van der Waals surface area contributed by atoms with Crippen LogP contribution < -0.4 is 0 Å². The maximum atomic E-state index is 11.2. The zero-order valence-corrected chi connectivity index (χ0v) is 7.44. The quantitative estimate of drug-likeness (QED) is 0.524. The lowest BCUT2D eigenvalue weighted by Crippen LogP contribution is -2.03. The Kier molecular flexibility index (Phi) is 3.61. The highest BCUT2D eigenvalue weighted by molar-refractivity contribution is 5.78. The Morgan fingerprint density at radius 1 is 1.18 bits per heavy atom. The van der Waals surface area contributed by atoms with Gasteiger partial charge in [0.2, 0.25) is 0 Å². The molecule has 1 aliphatic carbocycles. The van der Waals surface area contributed by atoms with Gasteiger partial charge in [-0.3, -0.25) is 4.79 Å². The molecule has 1 rings (SSSR count). The zero-order chi connectivity index (χ0) is 8.10. The molecule has 0 aromatic heterocycles. The molecular formula is C10H18O. The van der Waals surface area contributed by atoms with Crippen LogP contribution in [0.1, 0.15) is 51.9 Å². The van der Waals surface area contributed by atoms with E-state index in [1.807, 2.05) is 0 Å². The predicted molar refractivity (Wildman–Crippen MR) is 46.5 cm³/mol. The fourth-order valence-electron chi connectivity index (χ4n) is 1.76. The van der Waals surface area contributed by atoms with Crippen LogP contribution in [0.4, 0.5) is 0 Å². The van der Waals surface area contributed by atoms with E-state index >= 15 is 0 Å². The largest absolute Gasteiger partial charge is 0.300 e. The van der Waals surface area contributed by atoms with Gasteiger partial charge in [0, 0.05) is 12.8 Å². The molecule has 1 fully saturated rings. The van der Waals surface area contributed by atoms with E-state index in [0.717, 1.165) is 19.3 Å². The molecule has 1 aliphatic rings. The van der Waals surface area contributed by atoms with Crippen LogP contribution in [0.25, 0.3) is 0 Å². The Morgan fingerprint density at radius 2 is 1.91 bits per heavy atom. The van der Waals surface area contributed by atoms with Gasteiger partial charge in [-0.25, -0.2) is 0 Å². The summed E-state index contributed by atoms with van der Waals surface area (Å²) in [5, 5.41) is 0. The van der Waals surface area contributed by atoms with Crippen LogP contribution >= 0.6 is 0 Å². The van der Waals surface area contributed by atoms with E-state index < -0.39 is 0 Å². The molecule has 1 saturated carbocycles. The van der Waals surface area contributed by atoms with Crippen molar-refractivity contribution in [2.24, 2.45) is 5.92 Å². The molecule has 0 saturated heterocycles. The van der Waals surface area contributed by atoms with Gasteiger partial charge in [0.25, 0.3) is 0 Å². The summed E-state index contributed by atoms with van der Waals surface area (Å²) in [6.07, 6.45) is 7.98. The van der Waals surface area contributed by atoms with Gasteiger partial charge in [-0.15, -0.1) is 0 Å². The fraction of sp³-hybridized carbons (Fsp3) is 0.900. The van der Waals surface area contributed by atoms with Gasteiger partial charge in [0.1, 0.15) is 5.78 Å². The van der Waals surface area contributed by atoms with Crippen molar-refractivity contribution in [2.75, 3.05) is 0 Å². The van der Waals surface area contributed by atoms with Crippen molar-refractivity contribution in [1.82, 2.24) is 0 Å². The minimum atomic E-state index is 0.486. The second-order valence-corrected chi connectivity index (χ2v) is 3.80. The molecule has 0 spiro atoms. The van der Waals surface area contributed by atoms with Crippen molar-refractivity contribution in [2.45, 2.75) is 51.9 Å². The first-order chi connectivity index (χ1) is 5.29. The van der Waals surface area contributed by atoms with E-state index in [2.05, 4.69) is 6.92 Å². The normalized spacial score (nSPS) is 28.8. The van der Waals surface area contributed by atoms with Crippen LogP contribution in [0.5, 0.6) is 0 Å². The fourth-order valence-corrected chi connectivity index (χ4v) is 1.76. The second-order valence-electron chi connectivity index (χ2n) is 3.80. The van der Waals surface area contributed by atoms with Crippen LogP contribution in [-0.2, 0) is 4.79 Å². The van der Waals surface area contributed by atoms with E-state index in [4.69, 9.17) is 0 Å². The number of hydrogen-bond acceptors (Lipinski definition) is 1. The minimum absolute atomic E-state index is 0.486. The summed E-state index contributed by atoms with van der Waals surface area (Å²) in [6, 6.07) is 0. The van der Waals surface area contributed by atoms with Crippen molar-refractivity contribution in [3.63, 3.8) is 0 Å². The Hall–Kier alpha value is -0.330. The van der Waals surface area contributed by atoms with E-state index in [0.29, 0.717) is 11.7 Å². The summed E-state index contributed by atoms with van der Waals surface area (Å²) in [4.78, 5) is 11.2. The lowest BCUT2D eigenvalue weighted by Gasteiger charge is -2.06. The topological polar surface area (TPSA) is 17.1 Å². The van der Waals surface area contributed by atoms with E-state index in [1.54, 1.807) is 0 Å². The Morgan fingerprint density at radius 3 is 2.73 bits per heavy atom. The van der Waals surface area contributed by atoms with Gasteiger partial charge in [-0.2, -0.15) is 0 Å². The van der Waals surface area contributed by atoms with Gasteiger partial charge < -0.3 is 0 Å². The first-order valence-corrected chi connectivity index (χ1v) is 4.81. The lowest BCUT2D eigenvalue weighted by molar-refractivity contribution is -0.119. The maximum Gasteiger partial charge on any atom is 0.133 e. The SMILES string of the molecule is CC1CCCCCCC(=O)C1. The van der Waals surface area contributed by atoms with Gasteiger partial charge >= 0.3 is 0 Å². The summed E-state index contributed by atoms with van der Waals surface area (Å²) in [5.41, 5.74) is 0. The van der Waals surface area contributed by atoms with Crippen molar-refractivity contribution in [3.05, 3.63) is 0 Å². The first kappa shape index (κ1) is 8.76. The van der Waals surface area contributed by atoms with Crippen molar-refractivity contribution >= 4 is 5.78 Å². The van der Waals surface area contributed by atoms with Crippen molar-refractivity contribution in [1.29, 1.82) is 0 Å². The molecule has 11 heavy (non-hydrogen) atoms. The van der Waals surface area contributed by atoms with Crippen LogP contribution in [0.3, 0.4) is 0 Å². The number of ketones is 1. The summed E-state index contributed by atoms with van der Waals surface area (Å²) in [6.45, 7) is 2.20. The molecule has 0 aromatic rings. The van der Waals surface area contributed by atoms with Gasteiger partial charge in [-0.05, 0) is 12.3 Å². The Bertz CT molecular complexity index is 129. The molecule has 1 unspecified atom stereocenters. The number of rotatable bonds is 0. The number of Topliss-reactive ketones (excluding diaryl/α,β-unsaturated/α-hetero) is 1. The predicted octanol–water partition coefficient (Wildman–Crippen LogP) is 2.94. The molecule has 1 nitrogen and oxygen atoms in total. The third-order valence-electron chi connectivity index (χ3n) is 2.48. The van der Waals surface area contributed by atoms with E-state index in [9.17, 15) is 4.79 Å². The number of carbonyl (C=O) groups is 1. The van der Waals surface area contributed by atoms with Gasteiger partial charge in [0.15, 0.2) is 0 Å². The molecule has 0 N–H and O–H groups in total. The molecule has 64 valence electrons. The van der Waals surface area contributed by atoms with Crippen molar-refractivity contribution < 1.29 is 4.79 Å². The van der Waals surface area contributed by atoms with Crippen molar-refractivity contribution in [3.8, 4) is 0 Å². The summed E-state index contributed by atoms with van der Waals surface area (Å²) < 4.78 is 0. The highest BCUT2D eigenvalue weighted by Gasteiger charge is 2.10. The van der Waals surface area contributed by atoms with Crippen LogP contribution in [0, 0.1) is 5.92 Å². The number of hydrogen-bond donors (Lipinski definition) is 0. The maximum absolute atomic E-state index is 11.2. The molecule has 1 atom stereocenters. The molecule has 0 radical (unpaired) electrons. The molecule has 0 heterocycles. The minimum Gasteiger partial charge on any atom is -0.300 e. The molecular weight excluding hydrogens is 136 g/mol. The molecule has 0 bridgehead atoms. The molecule has 0 aliphatic heterocycles. The average molecular weight is 154 g/mol. The standard InChI is InChI=1S/C10H18O/c1-9-6-4-2-3-5-7-10(11)8-9/h9H,2-8H2,1H3. The molecule has 1 heteroatoms. The second kappa shape index (κ2) is 4.53. The summed E-state index contributed by atoms with van der Waals surface area (Å²) >= 11 is 0. The average Bonchev–Trinajstić information content (AvgIpc) is 2.02. The van der Waals surface area contributed by atoms with Gasteiger partial charge in [-0.1, -0.05) is 32.6 Å². The Labute approximate surface area is 69.2 Å². The monoisotopic (exact) mass is 154 g/mol. The van der Waals surface area contributed by atoms with E-state index in [-0.39, 0.29) is 0 Å². The zero-order valence-electron chi connectivity index (χ0n) is 7.44. The van der Waals surface area contributed by atoms with Crippen LogP contribution in [0.15, 0.2) is 0 Å². The molecule has 0 amide bonds. The highest BCUT2D eigenvalue weighted by atomic mass is 16.1. The van der Waals surface area contributed by atoms with Gasteiger partial charge in [0.05, 0.1) is 0 Å². The highest BCUT2D eigenvalue weighted by Crippen LogP contribution is 2.18. The van der Waals surface area contributed by atoms with Crippen LogP contribution in [0.2, 0.25) is 0 Å². The van der Waals surface area contributed by atoms with Crippen LogP contribution in [-0.4, -0.2) is 5.78 Å². The smallest absolute Gasteiger partial charge is 0.133 e. The number of carbonyl (C=O) groups excluding carboxylic acids is 1. The summed E-state index contributed by atoms with van der Waals surface area (Å²) in [5.74, 6) is 1.12. The first-order valence-electron chi connectivity index (χ1n) is 4.81. The summed E-state index contributed by atoms with van der Waals surface area (Å²) in [7, 11) is 0. The Balaban J connectivity index is 2.33. The third-order valence-corrected chi connectivity index (χ3v) is 2.48. The molecule has 0 aromatic carbocycles.